The van der Waals surface area contributed by atoms with Gasteiger partial charge in [-0.05, 0) is 114 Å². The van der Waals surface area contributed by atoms with Gasteiger partial charge in [0.2, 0.25) is 9.84 Å². The fourth-order valence-corrected chi connectivity index (χ4v) is 10.2. The third-order valence-electron chi connectivity index (χ3n) is 12.6. The fourth-order valence-electron chi connectivity index (χ4n) is 8.80. The summed E-state index contributed by atoms with van der Waals surface area (Å²) in [7, 11) is -4.33. The minimum absolute atomic E-state index is 0.0687. The van der Waals surface area contributed by atoms with Crippen molar-refractivity contribution in [3.63, 3.8) is 0 Å². The second-order valence-corrected chi connectivity index (χ2v) is 19.6. The second-order valence-electron chi connectivity index (χ2n) is 17.6. The average molecular weight is 899 g/mol. The number of hydrogen-bond acceptors (Lipinski definition) is 6. The molecule has 0 aliphatic heterocycles. The van der Waals surface area contributed by atoms with Crippen molar-refractivity contribution in [3.05, 3.63) is 194 Å². The van der Waals surface area contributed by atoms with Crippen LogP contribution < -0.4 is 9.47 Å². The summed E-state index contributed by atoms with van der Waals surface area (Å²) >= 11 is 0. The lowest BCUT2D eigenvalue weighted by molar-refractivity contribution is 0.175. The van der Waals surface area contributed by atoms with Gasteiger partial charge in [-0.3, -0.25) is 0 Å². The molecule has 0 saturated heterocycles. The summed E-state index contributed by atoms with van der Waals surface area (Å²) in [6.07, 6.45) is 0. The van der Waals surface area contributed by atoms with E-state index in [1.54, 1.807) is 24.3 Å². The van der Waals surface area contributed by atoms with Crippen molar-refractivity contribution in [2.75, 3.05) is 26.4 Å². The average Bonchev–Trinajstić information content (AvgIpc) is 3.38. The second kappa shape index (κ2) is 18.5. The molecule has 6 nitrogen and oxygen atoms in total. The number of aliphatic hydroxyl groups excluding tert-OH is 2. The highest BCUT2D eigenvalue weighted by Crippen LogP contribution is 2.47. The van der Waals surface area contributed by atoms with Crippen LogP contribution in [-0.2, 0) is 9.84 Å². The molecule has 7 heteroatoms. The Bertz CT molecular complexity index is 3150. The molecular formula is C60H50O6S. The zero-order valence-corrected chi connectivity index (χ0v) is 38.2. The predicted octanol–water partition coefficient (Wildman–Crippen LogP) is 13.8. The molecule has 67 heavy (non-hydrogen) atoms. The van der Waals surface area contributed by atoms with Gasteiger partial charge in [-0.1, -0.05) is 159 Å². The van der Waals surface area contributed by atoms with Gasteiger partial charge >= 0.3 is 0 Å². The Kier molecular flexibility index (Phi) is 12.1. The van der Waals surface area contributed by atoms with Crippen LogP contribution in [0, 0.1) is 11.8 Å². The summed E-state index contributed by atoms with van der Waals surface area (Å²) in [5, 5.41) is 28.5. The molecule has 0 saturated carbocycles. The van der Waals surface area contributed by atoms with E-state index in [1.807, 2.05) is 135 Å². The lowest BCUT2D eigenvalue weighted by Crippen LogP contribution is -2.14. The topological polar surface area (TPSA) is 93.1 Å². The van der Waals surface area contributed by atoms with Gasteiger partial charge in [-0.2, -0.15) is 0 Å². The van der Waals surface area contributed by atoms with Crippen LogP contribution >= 0.6 is 0 Å². The van der Waals surface area contributed by atoms with E-state index < -0.39 is 9.84 Å². The minimum Gasteiger partial charge on any atom is -0.492 e. The lowest BCUT2D eigenvalue weighted by atomic mass is 9.94. The van der Waals surface area contributed by atoms with Crippen LogP contribution in [0.5, 0.6) is 11.5 Å². The molecule has 10 rings (SSSR count). The summed E-state index contributed by atoms with van der Waals surface area (Å²) in [6.45, 7) is 4.13. The van der Waals surface area contributed by atoms with E-state index in [0.717, 1.165) is 65.3 Å². The largest absolute Gasteiger partial charge is 0.492 e. The fraction of sp³-hybridized carbons (Fsp3) is 0.133. The molecule has 0 aliphatic rings. The van der Waals surface area contributed by atoms with E-state index in [0.29, 0.717) is 33.8 Å². The zero-order valence-electron chi connectivity index (χ0n) is 37.4. The third kappa shape index (κ3) is 8.77. The van der Waals surface area contributed by atoms with Crippen molar-refractivity contribution < 1.29 is 28.1 Å². The molecule has 0 radical (unpaired) electrons. The van der Waals surface area contributed by atoms with Crippen molar-refractivity contribution in [3.8, 4) is 56.0 Å². The molecule has 10 aromatic rings. The van der Waals surface area contributed by atoms with Crippen LogP contribution in [0.25, 0.3) is 87.6 Å². The molecule has 2 N–H and O–H groups in total. The smallest absolute Gasteiger partial charge is 0.206 e. The van der Waals surface area contributed by atoms with Gasteiger partial charge in [-0.15, -0.1) is 0 Å². The number of hydrogen-bond donors (Lipinski definition) is 2. The van der Waals surface area contributed by atoms with Gasteiger partial charge in [-0.25, -0.2) is 8.42 Å². The van der Waals surface area contributed by atoms with Crippen LogP contribution in [0.2, 0.25) is 0 Å². The van der Waals surface area contributed by atoms with Crippen LogP contribution in [0.4, 0.5) is 0 Å². The van der Waals surface area contributed by atoms with Crippen molar-refractivity contribution in [2.24, 2.45) is 11.8 Å². The standard InChI is InChI=1S/C60H50O6S/c1-39(35-61)37-65-59-55(49-23-19-41-11-3-7-15-45(41)27-49)31-53(32-56(59)50-24-20-42-12-4-8-16-46(42)28-50)67(63,64)54-33-57(51-25-21-43-13-5-9-17-47(43)29-51)60(66-38-40(2)36-62)58(34-54)52-26-22-44-14-6-10-18-48(44)30-52/h3-34,39-40,61-62H,35-38H2,1-2H3. The number of sulfone groups is 1. The van der Waals surface area contributed by atoms with Gasteiger partial charge in [0.05, 0.1) is 23.0 Å². The first kappa shape index (κ1) is 43.6. The van der Waals surface area contributed by atoms with E-state index in [2.05, 4.69) is 48.5 Å². The highest BCUT2D eigenvalue weighted by molar-refractivity contribution is 7.91. The molecule has 332 valence electrons. The Hall–Kier alpha value is -7.29. The molecule has 0 spiro atoms. The molecule has 2 atom stereocenters. The third-order valence-corrected chi connectivity index (χ3v) is 14.3. The molecule has 10 aromatic carbocycles. The van der Waals surface area contributed by atoms with Crippen LogP contribution in [0.15, 0.2) is 204 Å². The molecule has 0 amide bonds. The van der Waals surface area contributed by atoms with Gasteiger partial charge in [0.1, 0.15) is 11.5 Å². The number of ether oxygens (including phenoxy) is 2. The highest BCUT2D eigenvalue weighted by Gasteiger charge is 2.28. The Morgan fingerprint density at radius 2 is 0.627 bits per heavy atom. The van der Waals surface area contributed by atoms with Crippen molar-refractivity contribution in [1.82, 2.24) is 0 Å². The van der Waals surface area contributed by atoms with Gasteiger partial charge in [0.25, 0.3) is 0 Å². The van der Waals surface area contributed by atoms with E-state index in [1.165, 1.54) is 0 Å². The van der Waals surface area contributed by atoms with Gasteiger partial charge in [0.15, 0.2) is 0 Å². The molecule has 0 aliphatic carbocycles. The maximum absolute atomic E-state index is 15.9. The molecule has 0 aromatic heterocycles. The minimum atomic E-state index is -4.33. The van der Waals surface area contributed by atoms with Crippen molar-refractivity contribution >= 4 is 52.9 Å². The maximum atomic E-state index is 15.9. The number of fused-ring (bicyclic) bond motifs is 4. The highest BCUT2D eigenvalue weighted by atomic mass is 32.2. The van der Waals surface area contributed by atoms with Crippen molar-refractivity contribution in [1.29, 1.82) is 0 Å². The summed E-state index contributed by atoms with van der Waals surface area (Å²) < 4.78 is 45.3. The summed E-state index contributed by atoms with van der Waals surface area (Å²) in [5.74, 6) is 0.696. The number of rotatable bonds is 14. The van der Waals surface area contributed by atoms with Gasteiger partial charge < -0.3 is 19.7 Å². The molecule has 0 fully saturated rings. The molecule has 0 heterocycles. The Morgan fingerprint density at radius 3 is 0.881 bits per heavy atom. The first-order chi connectivity index (χ1) is 32.7. The van der Waals surface area contributed by atoms with Crippen LogP contribution in [0.1, 0.15) is 13.8 Å². The van der Waals surface area contributed by atoms with Gasteiger partial charge in [0, 0.05) is 47.3 Å². The summed E-state index contributed by atoms with van der Waals surface area (Å²) in [6, 6.07) is 63.8. The zero-order chi connectivity index (χ0) is 46.1. The van der Waals surface area contributed by atoms with E-state index in [9.17, 15) is 10.2 Å². The molecule has 2 unspecified atom stereocenters. The number of benzene rings is 10. The van der Waals surface area contributed by atoms with E-state index >= 15 is 8.42 Å². The quantitative estimate of drug-likeness (QED) is 0.113. The van der Waals surface area contributed by atoms with E-state index in [4.69, 9.17) is 9.47 Å². The predicted molar refractivity (Wildman–Crippen MR) is 274 cm³/mol. The first-order valence-electron chi connectivity index (χ1n) is 22.7. The first-order valence-corrected chi connectivity index (χ1v) is 24.2. The van der Waals surface area contributed by atoms with Crippen LogP contribution in [0.3, 0.4) is 0 Å². The normalized spacial score (nSPS) is 12.7. The Labute approximate surface area is 391 Å². The Balaban J connectivity index is 1.25. The monoisotopic (exact) mass is 898 g/mol. The Morgan fingerprint density at radius 1 is 0.373 bits per heavy atom. The summed E-state index contributed by atoms with van der Waals surface area (Å²) in [4.78, 5) is 0.190. The molecule has 0 bridgehead atoms. The SMILES string of the molecule is CC(CO)COc1c(-c2ccc3ccccc3c2)cc(S(=O)(=O)c2cc(-c3ccc4ccccc4c3)c(OCC(C)CO)c(-c3ccc4ccccc4c3)c2)cc1-c1ccc2ccccc2c1. The summed E-state index contributed by atoms with van der Waals surface area (Å²) in [5.41, 5.74) is 5.62. The molecular weight excluding hydrogens is 849 g/mol. The maximum Gasteiger partial charge on any atom is 0.206 e. The lowest BCUT2D eigenvalue weighted by Gasteiger charge is -2.22. The number of aliphatic hydroxyl groups is 2. The van der Waals surface area contributed by atoms with Crippen LogP contribution in [-0.4, -0.2) is 45.1 Å². The van der Waals surface area contributed by atoms with E-state index in [-0.39, 0.29) is 48.1 Å². The van der Waals surface area contributed by atoms with Crippen molar-refractivity contribution in [2.45, 2.75) is 23.6 Å².